The van der Waals surface area contributed by atoms with E-state index in [9.17, 15) is 9.59 Å². The summed E-state index contributed by atoms with van der Waals surface area (Å²) >= 11 is 5.08. The molecule has 6 heteroatoms. The van der Waals surface area contributed by atoms with Gasteiger partial charge in [0.1, 0.15) is 6.04 Å². The molecule has 0 aliphatic carbocycles. The first kappa shape index (κ1) is 28.0. The first-order valence-electron chi connectivity index (χ1n) is 12.4. The molecule has 0 heterocycles. The molecule has 36 heavy (non-hydrogen) atoms. The average molecular weight is 568 g/mol. The van der Waals surface area contributed by atoms with Crippen molar-refractivity contribution < 1.29 is 9.59 Å². The SMILES string of the molecule is CC[C@@H](C)NC(=O)[C@H](Cc1ccccc1)N(Cc1ccc(Br)cc1)C(=O)CSCc1ccccc1C. The van der Waals surface area contributed by atoms with Gasteiger partial charge < -0.3 is 10.2 Å². The second-order valence-electron chi connectivity index (χ2n) is 9.09. The largest absolute Gasteiger partial charge is 0.352 e. The lowest BCUT2D eigenvalue weighted by molar-refractivity contribution is -0.139. The summed E-state index contributed by atoms with van der Waals surface area (Å²) in [5, 5.41) is 3.12. The van der Waals surface area contributed by atoms with E-state index in [2.05, 4.69) is 40.3 Å². The normalized spacial score (nSPS) is 12.6. The van der Waals surface area contributed by atoms with Crippen molar-refractivity contribution in [3.8, 4) is 0 Å². The third-order valence-electron chi connectivity index (χ3n) is 6.28. The number of nitrogens with zero attached hydrogens (tertiary/aromatic N) is 1. The molecular weight excluding hydrogens is 532 g/mol. The van der Waals surface area contributed by atoms with Crippen molar-refractivity contribution in [2.45, 2.75) is 58.0 Å². The maximum absolute atomic E-state index is 13.7. The highest BCUT2D eigenvalue weighted by atomic mass is 79.9. The van der Waals surface area contributed by atoms with Crippen LogP contribution in [0.3, 0.4) is 0 Å². The predicted octanol–water partition coefficient (Wildman–Crippen LogP) is 6.55. The Hall–Kier alpha value is -2.57. The molecular formula is C30H35BrN2O2S. The molecule has 3 rings (SSSR count). The number of benzene rings is 3. The average Bonchev–Trinajstić information content (AvgIpc) is 2.88. The first-order chi connectivity index (χ1) is 17.4. The number of hydrogen-bond acceptors (Lipinski definition) is 3. The minimum atomic E-state index is -0.600. The molecule has 0 saturated heterocycles. The zero-order valence-electron chi connectivity index (χ0n) is 21.2. The van der Waals surface area contributed by atoms with E-state index in [4.69, 9.17) is 0 Å². The van der Waals surface area contributed by atoms with Crippen molar-refractivity contribution in [1.29, 1.82) is 0 Å². The fourth-order valence-corrected chi connectivity index (χ4v) is 5.14. The lowest BCUT2D eigenvalue weighted by Gasteiger charge is -2.32. The molecule has 1 N–H and O–H groups in total. The molecule has 4 nitrogen and oxygen atoms in total. The Kier molecular flexibility index (Phi) is 11.1. The van der Waals surface area contributed by atoms with Crippen LogP contribution in [0.15, 0.2) is 83.3 Å². The second-order valence-corrected chi connectivity index (χ2v) is 11.0. The van der Waals surface area contributed by atoms with E-state index in [0.29, 0.717) is 18.7 Å². The van der Waals surface area contributed by atoms with Crippen molar-refractivity contribution >= 4 is 39.5 Å². The van der Waals surface area contributed by atoms with Crippen molar-refractivity contribution in [3.63, 3.8) is 0 Å². The van der Waals surface area contributed by atoms with Crippen molar-refractivity contribution in [2.75, 3.05) is 5.75 Å². The van der Waals surface area contributed by atoms with Crippen LogP contribution in [0.25, 0.3) is 0 Å². The van der Waals surface area contributed by atoms with E-state index in [1.54, 1.807) is 16.7 Å². The molecule has 0 aromatic heterocycles. The van der Waals surface area contributed by atoms with Gasteiger partial charge >= 0.3 is 0 Å². The minimum absolute atomic E-state index is 0.0308. The van der Waals surface area contributed by atoms with E-state index in [1.807, 2.05) is 80.6 Å². The summed E-state index contributed by atoms with van der Waals surface area (Å²) in [4.78, 5) is 29.0. The van der Waals surface area contributed by atoms with Crippen LogP contribution in [0, 0.1) is 6.92 Å². The Morgan fingerprint density at radius 2 is 1.61 bits per heavy atom. The highest BCUT2D eigenvalue weighted by molar-refractivity contribution is 9.10. The number of carbonyl (C=O) groups is 2. The van der Waals surface area contributed by atoms with Gasteiger partial charge in [-0.15, -0.1) is 11.8 Å². The highest BCUT2D eigenvalue weighted by Crippen LogP contribution is 2.21. The Bertz CT molecular complexity index is 1120. The van der Waals surface area contributed by atoms with Crippen LogP contribution in [-0.2, 0) is 28.3 Å². The molecule has 3 aromatic rings. The van der Waals surface area contributed by atoms with Gasteiger partial charge in [-0.1, -0.05) is 89.6 Å². The van der Waals surface area contributed by atoms with Crippen LogP contribution in [0.1, 0.15) is 42.5 Å². The zero-order chi connectivity index (χ0) is 25.9. The first-order valence-corrected chi connectivity index (χ1v) is 14.3. The minimum Gasteiger partial charge on any atom is -0.352 e. The van der Waals surface area contributed by atoms with Crippen molar-refractivity contribution in [2.24, 2.45) is 0 Å². The molecule has 0 unspecified atom stereocenters. The molecule has 0 fully saturated rings. The summed E-state index contributed by atoms with van der Waals surface area (Å²) in [6.07, 6.45) is 1.30. The molecule has 3 aromatic carbocycles. The quantitative estimate of drug-likeness (QED) is 0.270. The topological polar surface area (TPSA) is 49.4 Å². The van der Waals surface area contributed by atoms with Gasteiger partial charge in [0.25, 0.3) is 0 Å². The van der Waals surface area contributed by atoms with Crippen LogP contribution >= 0.6 is 27.7 Å². The lowest BCUT2D eigenvalue weighted by atomic mass is 10.0. The number of carbonyl (C=O) groups excluding carboxylic acids is 2. The summed E-state index contributed by atoms with van der Waals surface area (Å²) < 4.78 is 0.980. The molecule has 190 valence electrons. The van der Waals surface area contributed by atoms with Crippen LogP contribution in [0.2, 0.25) is 0 Å². The predicted molar refractivity (Wildman–Crippen MR) is 154 cm³/mol. The number of nitrogens with one attached hydrogen (secondary N) is 1. The molecule has 2 amide bonds. The Morgan fingerprint density at radius 3 is 2.28 bits per heavy atom. The molecule has 2 atom stereocenters. The Balaban J connectivity index is 1.85. The summed E-state index contributed by atoms with van der Waals surface area (Å²) in [5.74, 6) is 0.930. The monoisotopic (exact) mass is 566 g/mol. The number of amides is 2. The Labute approximate surface area is 228 Å². The van der Waals surface area contributed by atoms with Gasteiger partial charge in [0.05, 0.1) is 5.75 Å². The zero-order valence-corrected chi connectivity index (χ0v) is 23.6. The number of rotatable bonds is 12. The van der Waals surface area contributed by atoms with Gasteiger partial charge in [-0.2, -0.15) is 0 Å². The van der Waals surface area contributed by atoms with Crippen molar-refractivity contribution in [1.82, 2.24) is 10.2 Å². The van der Waals surface area contributed by atoms with Gasteiger partial charge in [-0.05, 0) is 54.7 Å². The van der Waals surface area contributed by atoms with Crippen LogP contribution in [0.4, 0.5) is 0 Å². The van der Waals surface area contributed by atoms with Crippen LogP contribution in [0.5, 0.6) is 0 Å². The third-order valence-corrected chi connectivity index (χ3v) is 7.78. The molecule has 0 spiro atoms. The van der Waals surface area contributed by atoms with Gasteiger partial charge in [0.15, 0.2) is 0 Å². The third kappa shape index (κ3) is 8.52. The van der Waals surface area contributed by atoms with E-state index in [1.165, 1.54) is 11.1 Å². The molecule has 0 radical (unpaired) electrons. The molecule has 0 bridgehead atoms. The standard InChI is InChI=1S/C30H35BrN2O2S/c1-4-23(3)32-30(35)28(18-24-11-6-5-7-12-24)33(19-25-14-16-27(31)17-15-25)29(34)21-36-20-26-13-9-8-10-22(26)2/h5-17,23,28H,4,18-21H2,1-3H3,(H,32,35)/t23-,28+/m1/s1. The number of thioether (sulfide) groups is 1. The number of halogens is 1. The summed E-state index contributed by atoms with van der Waals surface area (Å²) in [5.41, 5.74) is 4.47. The van der Waals surface area contributed by atoms with E-state index >= 15 is 0 Å². The van der Waals surface area contributed by atoms with Crippen LogP contribution < -0.4 is 5.32 Å². The molecule has 0 saturated carbocycles. The van der Waals surface area contributed by atoms with E-state index < -0.39 is 6.04 Å². The lowest BCUT2D eigenvalue weighted by Crippen LogP contribution is -2.52. The summed E-state index contributed by atoms with van der Waals surface area (Å²) in [6.45, 7) is 6.51. The summed E-state index contributed by atoms with van der Waals surface area (Å²) in [6, 6.07) is 25.5. The molecule has 0 aliphatic rings. The fourth-order valence-electron chi connectivity index (χ4n) is 3.88. The van der Waals surface area contributed by atoms with Crippen molar-refractivity contribution in [3.05, 3.63) is 106 Å². The Morgan fingerprint density at radius 1 is 0.944 bits per heavy atom. The van der Waals surface area contributed by atoms with Gasteiger partial charge in [-0.3, -0.25) is 9.59 Å². The van der Waals surface area contributed by atoms with Gasteiger partial charge in [-0.25, -0.2) is 0 Å². The maximum atomic E-state index is 13.7. The van der Waals surface area contributed by atoms with Gasteiger partial charge in [0, 0.05) is 29.2 Å². The van der Waals surface area contributed by atoms with E-state index in [-0.39, 0.29) is 17.9 Å². The fraction of sp³-hybridized carbons (Fsp3) is 0.333. The van der Waals surface area contributed by atoms with Crippen LogP contribution in [-0.4, -0.2) is 34.6 Å². The molecule has 0 aliphatic heterocycles. The smallest absolute Gasteiger partial charge is 0.243 e. The number of hydrogen-bond donors (Lipinski definition) is 1. The number of aryl methyl sites for hydroxylation is 1. The maximum Gasteiger partial charge on any atom is 0.243 e. The van der Waals surface area contributed by atoms with E-state index in [0.717, 1.165) is 27.8 Å². The highest BCUT2D eigenvalue weighted by Gasteiger charge is 2.30. The van der Waals surface area contributed by atoms with Gasteiger partial charge in [0.2, 0.25) is 11.8 Å². The summed E-state index contributed by atoms with van der Waals surface area (Å²) in [7, 11) is 0. The second kappa shape index (κ2) is 14.2.